The lowest BCUT2D eigenvalue weighted by Gasteiger charge is -2.26. The first-order chi connectivity index (χ1) is 12.9. The van der Waals surface area contributed by atoms with E-state index in [4.69, 9.17) is 4.74 Å². The molecule has 140 valence electrons. The summed E-state index contributed by atoms with van der Waals surface area (Å²) in [5.74, 6) is 0.641. The van der Waals surface area contributed by atoms with Gasteiger partial charge in [-0.1, -0.05) is 24.3 Å². The van der Waals surface area contributed by atoms with Crippen molar-refractivity contribution in [2.75, 3.05) is 11.4 Å². The van der Waals surface area contributed by atoms with Gasteiger partial charge in [-0.25, -0.2) is 8.42 Å². The lowest BCUT2D eigenvalue weighted by atomic mass is 10.1. The first-order valence-corrected chi connectivity index (χ1v) is 9.99. The minimum atomic E-state index is -3.79. The Labute approximate surface area is 160 Å². The van der Waals surface area contributed by atoms with Crippen LogP contribution in [0.3, 0.4) is 0 Å². The topological polar surface area (TPSA) is 59.5 Å². The molecule has 6 heteroatoms. The van der Waals surface area contributed by atoms with Crippen molar-refractivity contribution < 1.29 is 13.2 Å². The highest BCUT2D eigenvalue weighted by molar-refractivity contribution is 7.92. The zero-order valence-electron chi connectivity index (χ0n) is 15.6. The largest absolute Gasteiger partial charge is 0.497 e. The van der Waals surface area contributed by atoms with Gasteiger partial charge in [0.15, 0.2) is 0 Å². The van der Waals surface area contributed by atoms with Crippen molar-refractivity contribution in [1.29, 1.82) is 0 Å². The molecule has 5 nitrogen and oxygen atoms in total. The van der Waals surface area contributed by atoms with Crippen molar-refractivity contribution in [3.05, 3.63) is 83.7 Å². The molecule has 27 heavy (non-hydrogen) atoms. The van der Waals surface area contributed by atoms with E-state index >= 15 is 0 Å². The maximum Gasteiger partial charge on any atom is 0.265 e. The summed E-state index contributed by atoms with van der Waals surface area (Å²) in [6.07, 6.45) is 3.35. The molecule has 0 aliphatic rings. The van der Waals surface area contributed by atoms with E-state index in [1.807, 2.05) is 24.3 Å². The van der Waals surface area contributed by atoms with Crippen LogP contribution in [-0.2, 0) is 16.6 Å². The molecule has 3 aromatic rings. The Morgan fingerprint density at radius 1 is 1.00 bits per heavy atom. The van der Waals surface area contributed by atoms with Gasteiger partial charge in [-0.15, -0.1) is 0 Å². The maximum absolute atomic E-state index is 13.6. The molecule has 0 atom stereocenters. The lowest BCUT2D eigenvalue weighted by Crippen LogP contribution is -2.31. The molecular weight excluding hydrogens is 360 g/mol. The van der Waals surface area contributed by atoms with Gasteiger partial charge in [0.05, 0.1) is 24.2 Å². The normalized spacial score (nSPS) is 11.2. The number of pyridine rings is 1. The molecule has 0 aliphatic carbocycles. The summed E-state index contributed by atoms with van der Waals surface area (Å²) in [6, 6.07) is 16.3. The minimum absolute atomic E-state index is 0.199. The predicted octanol–water partition coefficient (Wildman–Crippen LogP) is 4.10. The third-order valence-corrected chi connectivity index (χ3v) is 6.39. The average Bonchev–Trinajstić information content (AvgIpc) is 2.66. The fourth-order valence-electron chi connectivity index (χ4n) is 3.11. The zero-order valence-corrected chi connectivity index (χ0v) is 16.4. The molecule has 1 aromatic heterocycles. The first kappa shape index (κ1) is 18.9. The fraction of sp³-hybridized carbons (Fsp3) is 0.190. The van der Waals surface area contributed by atoms with Crippen molar-refractivity contribution in [2.24, 2.45) is 0 Å². The van der Waals surface area contributed by atoms with E-state index in [2.05, 4.69) is 4.98 Å². The molecule has 0 unspecified atom stereocenters. The van der Waals surface area contributed by atoms with Crippen LogP contribution < -0.4 is 9.04 Å². The van der Waals surface area contributed by atoms with Gasteiger partial charge in [0.1, 0.15) is 5.75 Å². The van der Waals surface area contributed by atoms with E-state index in [1.54, 1.807) is 63.7 Å². The van der Waals surface area contributed by atoms with E-state index in [-0.39, 0.29) is 6.54 Å². The Hall–Kier alpha value is -2.86. The number of rotatable bonds is 6. The second-order valence-corrected chi connectivity index (χ2v) is 8.10. The highest BCUT2D eigenvalue weighted by Gasteiger charge is 2.29. The molecular formula is C21H22N2O3S. The van der Waals surface area contributed by atoms with Crippen molar-refractivity contribution in [2.45, 2.75) is 25.3 Å². The number of methoxy groups -OCH3 is 1. The molecule has 0 spiro atoms. The van der Waals surface area contributed by atoms with Crippen molar-refractivity contribution >= 4 is 15.7 Å². The zero-order chi connectivity index (χ0) is 19.4. The van der Waals surface area contributed by atoms with Crippen LogP contribution in [0.1, 0.15) is 16.7 Å². The van der Waals surface area contributed by atoms with E-state index in [1.165, 1.54) is 4.31 Å². The number of hydrogen-bond acceptors (Lipinski definition) is 4. The van der Waals surface area contributed by atoms with Crippen LogP contribution in [0.25, 0.3) is 0 Å². The van der Waals surface area contributed by atoms with Gasteiger partial charge in [0.25, 0.3) is 10.0 Å². The van der Waals surface area contributed by atoms with Gasteiger partial charge >= 0.3 is 0 Å². The Morgan fingerprint density at radius 2 is 1.67 bits per heavy atom. The standard InChI is InChI=1S/C21H22N2O3S/c1-16-12-20(26-3)13-17(2)21(16)27(24,25)23(19-9-5-4-6-10-19)15-18-8-7-11-22-14-18/h4-14H,15H2,1-3H3. The molecule has 1 heterocycles. The molecule has 0 saturated carbocycles. The molecule has 3 rings (SSSR count). The lowest BCUT2D eigenvalue weighted by molar-refractivity contribution is 0.413. The van der Waals surface area contributed by atoms with Crippen LogP contribution >= 0.6 is 0 Å². The van der Waals surface area contributed by atoms with Crippen LogP contribution in [0.5, 0.6) is 5.75 Å². The van der Waals surface area contributed by atoms with E-state index in [9.17, 15) is 8.42 Å². The maximum atomic E-state index is 13.6. The van der Waals surface area contributed by atoms with Crippen molar-refractivity contribution in [1.82, 2.24) is 4.98 Å². The molecule has 0 bridgehead atoms. The van der Waals surface area contributed by atoms with Crippen LogP contribution in [0.15, 0.2) is 71.9 Å². The number of para-hydroxylation sites is 1. The Bertz CT molecular complexity index is 997. The van der Waals surface area contributed by atoms with Crippen LogP contribution in [0.2, 0.25) is 0 Å². The molecule has 0 aliphatic heterocycles. The molecule has 0 amide bonds. The number of hydrogen-bond donors (Lipinski definition) is 0. The van der Waals surface area contributed by atoms with Gasteiger partial charge in [-0.05, 0) is 60.9 Å². The highest BCUT2D eigenvalue weighted by atomic mass is 32.2. The van der Waals surface area contributed by atoms with Crippen LogP contribution in [0.4, 0.5) is 5.69 Å². The van der Waals surface area contributed by atoms with Crippen molar-refractivity contribution in [3.63, 3.8) is 0 Å². The quantitative estimate of drug-likeness (QED) is 0.644. The average molecular weight is 382 g/mol. The number of benzene rings is 2. The van der Waals surface area contributed by atoms with Gasteiger partial charge in [0, 0.05) is 12.4 Å². The summed E-state index contributed by atoms with van der Waals surface area (Å²) in [5, 5.41) is 0. The van der Waals surface area contributed by atoms with Crippen LogP contribution in [-0.4, -0.2) is 20.5 Å². The fourth-order valence-corrected chi connectivity index (χ4v) is 4.98. The number of nitrogens with zero attached hydrogens (tertiary/aromatic N) is 2. The molecule has 0 fully saturated rings. The highest BCUT2D eigenvalue weighted by Crippen LogP contribution is 2.31. The Balaban J connectivity index is 2.14. The predicted molar refractivity (Wildman–Crippen MR) is 107 cm³/mol. The van der Waals surface area contributed by atoms with Crippen molar-refractivity contribution in [3.8, 4) is 5.75 Å². The molecule has 0 saturated heterocycles. The summed E-state index contributed by atoms with van der Waals surface area (Å²) in [7, 11) is -2.22. The smallest absolute Gasteiger partial charge is 0.265 e. The van der Waals surface area contributed by atoms with Gasteiger partial charge in [-0.3, -0.25) is 9.29 Å². The summed E-state index contributed by atoms with van der Waals surface area (Å²) < 4.78 is 34.0. The third kappa shape index (κ3) is 3.95. The second kappa shape index (κ2) is 7.80. The minimum Gasteiger partial charge on any atom is -0.497 e. The number of anilines is 1. The number of ether oxygens (including phenoxy) is 1. The first-order valence-electron chi connectivity index (χ1n) is 8.55. The van der Waals surface area contributed by atoms with E-state index in [0.29, 0.717) is 27.5 Å². The second-order valence-electron chi connectivity index (χ2n) is 6.30. The Morgan fingerprint density at radius 3 is 2.22 bits per heavy atom. The number of aryl methyl sites for hydroxylation is 2. The van der Waals surface area contributed by atoms with Crippen LogP contribution in [0, 0.1) is 13.8 Å². The Kier molecular flexibility index (Phi) is 5.46. The number of sulfonamides is 1. The summed E-state index contributed by atoms with van der Waals surface area (Å²) >= 11 is 0. The monoisotopic (exact) mass is 382 g/mol. The summed E-state index contributed by atoms with van der Waals surface area (Å²) in [6.45, 7) is 3.77. The molecule has 2 aromatic carbocycles. The molecule has 0 N–H and O–H groups in total. The molecule has 0 radical (unpaired) electrons. The van der Waals surface area contributed by atoms with Gasteiger partial charge in [-0.2, -0.15) is 0 Å². The number of aromatic nitrogens is 1. The van der Waals surface area contributed by atoms with E-state index < -0.39 is 10.0 Å². The summed E-state index contributed by atoms with van der Waals surface area (Å²) in [4.78, 5) is 4.41. The van der Waals surface area contributed by atoms with E-state index in [0.717, 1.165) is 5.56 Å². The summed E-state index contributed by atoms with van der Waals surface area (Å²) in [5.41, 5.74) is 2.72. The third-order valence-electron chi connectivity index (χ3n) is 4.31. The van der Waals surface area contributed by atoms with Gasteiger partial charge in [0.2, 0.25) is 0 Å². The van der Waals surface area contributed by atoms with Gasteiger partial charge < -0.3 is 4.74 Å². The SMILES string of the molecule is COc1cc(C)c(S(=O)(=O)N(Cc2cccnc2)c2ccccc2)c(C)c1.